The second-order valence-electron chi connectivity index (χ2n) is 8.05. The van der Waals surface area contributed by atoms with Gasteiger partial charge in [0.05, 0.1) is 30.1 Å². The summed E-state index contributed by atoms with van der Waals surface area (Å²) >= 11 is 4.40. The number of halogens is 3. The van der Waals surface area contributed by atoms with Crippen molar-refractivity contribution < 1.29 is 18.3 Å². The number of thiol groups is 1. The van der Waals surface area contributed by atoms with Crippen LogP contribution in [0, 0.1) is 0 Å². The molecule has 0 bridgehead atoms. The number of aromatic amines is 1. The highest BCUT2D eigenvalue weighted by Gasteiger charge is 2.34. The normalized spacial score (nSPS) is 12.6. The van der Waals surface area contributed by atoms with E-state index < -0.39 is 17.8 Å². The number of H-pyrrole nitrogens is 1. The maximum Gasteiger partial charge on any atom is 0.416 e. The lowest BCUT2D eigenvalue weighted by molar-refractivity contribution is -0.138. The van der Waals surface area contributed by atoms with Crippen LogP contribution >= 0.6 is 12.6 Å². The van der Waals surface area contributed by atoms with Crippen molar-refractivity contribution in [1.82, 2.24) is 9.97 Å². The molecule has 0 aliphatic rings. The molecule has 0 spiro atoms. The molecule has 0 fully saturated rings. The van der Waals surface area contributed by atoms with Gasteiger partial charge in [-0.3, -0.25) is 0 Å². The first kappa shape index (κ1) is 24.1. The molecular weight excluding hydrogens is 459 g/mol. The van der Waals surface area contributed by atoms with Crippen LogP contribution in [0.1, 0.15) is 28.6 Å². The summed E-state index contributed by atoms with van der Waals surface area (Å²) in [5, 5.41) is 9.18. The molecule has 1 aromatic heterocycles. The molecule has 8 heteroatoms. The van der Waals surface area contributed by atoms with Gasteiger partial charge in [0, 0.05) is 10.5 Å². The Kier molecular flexibility index (Phi) is 7.11. The van der Waals surface area contributed by atoms with Crippen LogP contribution in [-0.4, -0.2) is 21.7 Å². The first-order valence-electron chi connectivity index (χ1n) is 10.8. The molecule has 4 N–H and O–H groups in total. The number of aryl methyl sites for hydroxylation is 1. The molecule has 0 amide bonds. The third-order valence-electron chi connectivity index (χ3n) is 5.71. The number of nitrogens with zero attached hydrogens (tertiary/aromatic N) is 1. The summed E-state index contributed by atoms with van der Waals surface area (Å²) in [6.07, 6.45) is -2.49. The van der Waals surface area contributed by atoms with Crippen molar-refractivity contribution in [3.63, 3.8) is 0 Å². The SMILES string of the molecule is NC(CO)c1ncc(-c2cc(S)c(CCc3ccc(-c4ccccc4)cc3)c(C(F)(F)F)c2)[nH]1. The third kappa shape index (κ3) is 5.35. The van der Waals surface area contributed by atoms with Gasteiger partial charge in [0.25, 0.3) is 0 Å². The summed E-state index contributed by atoms with van der Waals surface area (Å²) in [5.74, 6) is 0.301. The molecule has 4 aromatic rings. The van der Waals surface area contributed by atoms with E-state index in [0.717, 1.165) is 22.8 Å². The van der Waals surface area contributed by atoms with E-state index in [1.54, 1.807) is 6.07 Å². The number of hydrogen-bond acceptors (Lipinski definition) is 4. The van der Waals surface area contributed by atoms with Gasteiger partial charge in [0.1, 0.15) is 5.82 Å². The number of alkyl halides is 3. The van der Waals surface area contributed by atoms with Crippen LogP contribution in [0.4, 0.5) is 13.2 Å². The first-order chi connectivity index (χ1) is 16.3. The van der Waals surface area contributed by atoms with Gasteiger partial charge in [-0.1, -0.05) is 54.6 Å². The molecule has 1 unspecified atom stereocenters. The largest absolute Gasteiger partial charge is 0.416 e. The van der Waals surface area contributed by atoms with E-state index in [-0.39, 0.29) is 23.5 Å². The average Bonchev–Trinajstić information content (AvgIpc) is 3.33. The minimum atomic E-state index is -4.54. The van der Waals surface area contributed by atoms with E-state index >= 15 is 0 Å². The summed E-state index contributed by atoms with van der Waals surface area (Å²) in [6.45, 7) is -0.330. The predicted octanol–water partition coefficient (Wildman–Crippen LogP) is 5.83. The lowest BCUT2D eigenvalue weighted by atomic mass is 9.95. The highest BCUT2D eigenvalue weighted by molar-refractivity contribution is 7.80. The van der Waals surface area contributed by atoms with E-state index in [1.807, 2.05) is 54.6 Å². The maximum atomic E-state index is 14.0. The number of nitrogens with one attached hydrogen (secondary N) is 1. The van der Waals surface area contributed by atoms with Crippen molar-refractivity contribution in [2.24, 2.45) is 5.73 Å². The van der Waals surface area contributed by atoms with Crippen molar-refractivity contribution in [1.29, 1.82) is 0 Å². The summed E-state index contributed by atoms with van der Waals surface area (Å²) in [7, 11) is 0. The fraction of sp³-hybridized carbons (Fsp3) is 0.192. The van der Waals surface area contributed by atoms with Crippen LogP contribution in [0.2, 0.25) is 0 Å². The van der Waals surface area contributed by atoms with Gasteiger partial charge in [0.15, 0.2) is 0 Å². The van der Waals surface area contributed by atoms with Gasteiger partial charge < -0.3 is 15.8 Å². The van der Waals surface area contributed by atoms with E-state index in [0.29, 0.717) is 23.5 Å². The van der Waals surface area contributed by atoms with Gasteiger partial charge in [-0.2, -0.15) is 13.2 Å². The van der Waals surface area contributed by atoms with E-state index in [9.17, 15) is 18.3 Å². The zero-order valence-electron chi connectivity index (χ0n) is 18.2. The molecule has 0 aliphatic carbocycles. The number of aliphatic hydroxyl groups excluding tert-OH is 1. The van der Waals surface area contributed by atoms with Crippen LogP contribution in [-0.2, 0) is 19.0 Å². The first-order valence-corrected chi connectivity index (χ1v) is 11.2. The maximum absolute atomic E-state index is 14.0. The minimum Gasteiger partial charge on any atom is -0.394 e. The lowest BCUT2D eigenvalue weighted by Gasteiger charge is -2.17. The zero-order valence-corrected chi connectivity index (χ0v) is 19.1. The molecule has 1 atom stereocenters. The minimum absolute atomic E-state index is 0.151. The Labute approximate surface area is 201 Å². The number of rotatable bonds is 7. The standard InChI is InChI=1S/C26H24F3N3OS/c27-26(28,29)21-12-19(23-14-31-25(32-23)22(30)15-33)13-24(34)20(21)11-8-16-6-9-18(10-7-16)17-4-2-1-3-5-17/h1-7,9-10,12-14,22,33-34H,8,11,15,30H2,(H,31,32). The van der Waals surface area contributed by atoms with Crippen LogP contribution in [0.3, 0.4) is 0 Å². The lowest BCUT2D eigenvalue weighted by Crippen LogP contribution is -2.15. The fourth-order valence-corrected chi connectivity index (χ4v) is 4.22. The van der Waals surface area contributed by atoms with E-state index in [4.69, 9.17) is 5.73 Å². The predicted molar refractivity (Wildman–Crippen MR) is 130 cm³/mol. The Morgan fingerprint density at radius 1 is 0.941 bits per heavy atom. The van der Waals surface area contributed by atoms with Crippen molar-refractivity contribution in [3.05, 3.63) is 95.4 Å². The van der Waals surface area contributed by atoms with Crippen LogP contribution < -0.4 is 5.73 Å². The molecule has 1 heterocycles. The number of nitrogens with two attached hydrogens (primary N) is 1. The molecule has 0 saturated carbocycles. The molecule has 0 aliphatic heterocycles. The monoisotopic (exact) mass is 483 g/mol. The van der Waals surface area contributed by atoms with Crippen molar-refractivity contribution in [2.45, 2.75) is 30.0 Å². The number of aliphatic hydroxyl groups is 1. The van der Waals surface area contributed by atoms with Crippen LogP contribution in [0.5, 0.6) is 0 Å². The summed E-state index contributed by atoms with van der Waals surface area (Å²) in [5.41, 5.74) is 8.93. The van der Waals surface area contributed by atoms with Crippen molar-refractivity contribution in [3.8, 4) is 22.4 Å². The smallest absolute Gasteiger partial charge is 0.394 e. The summed E-state index contributed by atoms with van der Waals surface area (Å²) in [4.78, 5) is 7.21. The molecule has 4 nitrogen and oxygen atoms in total. The quantitative estimate of drug-likeness (QED) is 0.250. The number of imidazole rings is 1. The Balaban J connectivity index is 1.58. The number of aromatic nitrogens is 2. The second kappa shape index (κ2) is 10.0. The molecule has 176 valence electrons. The zero-order chi connectivity index (χ0) is 24.3. The topological polar surface area (TPSA) is 74.9 Å². The Morgan fingerprint density at radius 2 is 1.62 bits per heavy atom. The highest BCUT2D eigenvalue weighted by atomic mass is 32.1. The molecule has 3 aromatic carbocycles. The van der Waals surface area contributed by atoms with Crippen molar-refractivity contribution in [2.75, 3.05) is 6.61 Å². The Morgan fingerprint density at radius 3 is 2.26 bits per heavy atom. The van der Waals surface area contributed by atoms with E-state index in [1.165, 1.54) is 6.20 Å². The van der Waals surface area contributed by atoms with Crippen LogP contribution in [0.25, 0.3) is 22.4 Å². The van der Waals surface area contributed by atoms with Crippen LogP contribution in [0.15, 0.2) is 77.8 Å². The van der Waals surface area contributed by atoms with E-state index in [2.05, 4.69) is 22.6 Å². The highest BCUT2D eigenvalue weighted by Crippen LogP contribution is 2.38. The molecule has 4 rings (SSSR count). The number of hydrogen-bond donors (Lipinski definition) is 4. The molecule has 0 saturated heterocycles. The van der Waals surface area contributed by atoms with Gasteiger partial charge in [0.2, 0.25) is 0 Å². The summed E-state index contributed by atoms with van der Waals surface area (Å²) in [6, 6.07) is 19.7. The third-order valence-corrected chi connectivity index (χ3v) is 6.11. The summed E-state index contributed by atoms with van der Waals surface area (Å²) < 4.78 is 41.9. The Hall–Kier alpha value is -3.07. The number of benzene rings is 3. The van der Waals surface area contributed by atoms with Crippen molar-refractivity contribution >= 4 is 12.6 Å². The van der Waals surface area contributed by atoms with Gasteiger partial charge >= 0.3 is 6.18 Å². The van der Waals surface area contributed by atoms with Gasteiger partial charge in [-0.15, -0.1) is 12.6 Å². The fourth-order valence-electron chi connectivity index (χ4n) is 3.85. The molecular formula is C26H24F3N3OS. The molecule has 34 heavy (non-hydrogen) atoms. The Bertz CT molecular complexity index is 1250. The van der Waals surface area contributed by atoms with Gasteiger partial charge in [-0.05, 0) is 47.2 Å². The molecule has 0 radical (unpaired) electrons. The second-order valence-corrected chi connectivity index (χ2v) is 8.54. The average molecular weight is 484 g/mol. The van der Waals surface area contributed by atoms with Gasteiger partial charge in [-0.25, -0.2) is 4.98 Å².